The van der Waals surface area contributed by atoms with Gasteiger partial charge in [-0.3, -0.25) is 9.69 Å². The number of aromatic nitrogens is 1. The number of hydrogen-bond acceptors (Lipinski definition) is 7. The van der Waals surface area contributed by atoms with Gasteiger partial charge in [-0.25, -0.2) is 13.4 Å². The first kappa shape index (κ1) is 28.0. The summed E-state index contributed by atoms with van der Waals surface area (Å²) >= 11 is 4.95. The summed E-state index contributed by atoms with van der Waals surface area (Å²) in [5.74, 6) is -0.202. The van der Waals surface area contributed by atoms with E-state index in [4.69, 9.17) is 9.72 Å². The average Bonchev–Trinajstić information content (AvgIpc) is 3.24. The normalized spacial score (nSPS) is 14.7. The number of halogens is 2. The number of morpholine rings is 1. The number of fused-ring (bicyclic) bond motifs is 1. The topological polar surface area (TPSA) is 83.1 Å². The predicted octanol–water partition coefficient (Wildman–Crippen LogP) is 4.10. The van der Waals surface area contributed by atoms with Gasteiger partial charge in [-0.2, -0.15) is 4.31 Å². The van der Waals surface area contributed by atoms with Crippen molar-refractivity contribution in [3.05, 3.63) is 52.5 Å². The van der Waals surface area contributed by atoms with Gasteiger partial charge in [-0.15, -0.1) is 12.4 Å². The monoisotopic (exact) mass is 602 g/mol. The molecule has 2 heterocycles. The molecule has 190 valence electrons. The number of sulfonamides is 1. The van der Waals surface area contributed by atoms with Gasteiger partial charge < -0.3 is 9.64 Å². The number of amides is 1. The molecule has 0 spiro atoms. The molecule has 4 rings (SSSR count). The lowest BCUT2D eigenvalue weighted by molar-refractivity contribution is 0.0730. The molecule has 1 aliphatic rings. The third-order valence-corrected chi connectivity index (χ3v) is 8.96. The second-order valence-electron chi connectivity index (χ2n) is 8.26. The molecule has 3 aromatic rings. The molecule has 1 saturated heterocycles. The third kappa shape index (κ3) is 6.59. The van der Waals surface area contributed by atoms with Gasteiger partial charge in [0.15, 0.2) is 5.13 Å². The zero-order valence-corrected chi connectivity index (χ0v) is 23.6. The van der Waals surface area contributed by atoms with Crippen molar-refractivity contribution in [1.82, 2.24) is 14.2 Å². The van der Waals surface area contributed by atoms with Crippen molar-refractivity contribution >= 4 is 71.0 Å². The molecule has 0 unspecified atom stereocenters. The lowest BCUT2D eigenvalue weighted by atomic mass is 10.2. The SMILES string of the molecule is CN(C)CCCN(C(=O)c1ccc(S(=O)(=O)N2CCOCC2)cc1)c1nc2ccc(Br)cc2s1.Cl. The number of thiazole rings is 1. The van der Waals surface area contributed by atoms with Crippen LogP contribution in [0.25, 0.3) is 10.2 Å². The number of benzene rings is 2. The third-order valence-electron chi connectivity index (χ3n) is 5.51. The van der Waals surface area contributed by atoms with E-state index in [2.05, 4.69) is 20.8 Å². The average molecular weight is 604 g/mol. The summed E-state index contributed by atoms with van der Waals surface area (Å²) in [5.41, 5.74) is 1.26. The van der Waals surface area contributed by atoms with Crippen molar-refractivity contribution in [3.63, 3.8) is 0 Å². The van der Waals surface area contributed by atoms with Crippen LogP contribution in [0.5, 0.6) is 0 Å². The zero-order chi connectivity index (χ0) is 24.3. The maximum Gasteiger partial charge on any atom is 0.260 e. The first-order valence-electron chi connectivity index (χ1n) is 11.0. The van der Waals surface area contributed by atoms with Crippen LogP contribution < -0.4 is 4.90 Å². The highest BCUT2D eigenvalue weighted by Gasteiger charge is 2.27. The summed E-state index contributed by atoms with van der Waals surface area (Å²) in [7, 11) is 0.376. The molecule has 35 heavy (non-hydrogen) atoms. The molecule has 0 aliphatic carbocycles. The van der Waals surface area contributed by atoms with E-state index in [-0.39, 0.29) is 23.2 Å². The Kier molecular flexibility index (Phi) is 9.67. The summed E-state index contributed by atoms with van der Waals surface area (Å²) in [6.45, 7) is 2.77. The highest BCUT2D eigenvalue weighted by Crippen LogP contribution is 2.32. The molecule has 1 aliphatic heterocycles. The summed E-state index contributed by atoms with van der Waals surface area (Å²) in [6, 6.07) is 12.0. The fourth-order valence-corrected chi connectivity index (χ4v) is 6.64. The quantitative estimate of drug-likeness (QED) is 0.386. The fourth-order valence-electron chi connectivity index (χ4n) is 3.69. The molecule has 12 heteroatoms. The van der Waals surface area contributed by atoms with Crippen LogP contribution in [0.4, 0.5) is 5.13 Å². The molecular weight excluding hydrogens is 576 g/mol. The Bertz CT molecular complexity index is 1260. The van der Waals surface area contributed by atoms with Crippen LogP contribution in [-0.2, 0) is 14.8 Å². The second-order valence-corrected chi connectivity index (χ2v) is 12.1. The maximum atomic E-state index is 13.5. The molecular formula is C23H28BrClN4O4S2. The summed E-state index contributed by atoms with van der Waals surface area (Å²) in [4.78, 5) is 22.1. The maximum absolute atomic E-state index is 13.5. The summed E-state index contributed by atoms with van der Waals surface area (Å²) in [5, 5.41) is 0.627. The highest BCUT2D eigenvalue weighted by molar-refractivity contribution is 9.10. The largest absolute Gasteiger partial charge is 0.379 e. The van der Waals surface area contributed by atoms with Gasteiger partial charge in [0.05, 0.1) is 28.3 Å². The zero-order valence-electron chi connectivity index (χ0n) is 19.5. The van der Waals surface area contributed by atoms with E-state index in [1.807, 2.05) is 32.3 Å². The van der Waals surface area contributed by atoms with Crippen LogP contribution in [0, 0.1) is 0 Å². The summed E-state index contributed by atoms with van der Waals surface area (Å²) in [6.07, 6.45) is 0.780. The number of carbonyl (C=O) groups excluding carboxylic acids is 1. The minimum absolute atomic E-state index is 0. The number of anilines is 1. The first-order chi connectivity index (χ1) is 16.3. The van der Waals surface area contributed by atoms with E-state index in [1.54, 1.807) is 17.0 Å². The molecule has 0 bridgehead atoms. The van der Waals surface area contributed by atoms with Crippen molar-refractivity contribution in [2.45, 2.75) is 11.3 Å². The number of hydrogen-bond donors (Lipinski definition) is 0. The fraction of sp³-hybridized carbons (Fsp3) is 0.391. The van der Waals surface area contributed by atoms with Gasteiger partial charge in [0.2, 0.25) is 10.0 Å². The van der Waals surface area contributed by atoms with Crippen LogP contribution in [0.15, 0.2) is 51.8 Å². The van der Waals surface area contributed by atoms with Crippen molar-refractivity contribution in [2.75, 3.05) is 58.4 Å². The molecule has 1 fully saturated rings. The number of nitrogens with zero attached hydrogens (tertiary/aromatic N) is 4. The van der Waals surface area contributed by atoms with Crippen molar-refractivity contribution in [1.29, 1.82) is 0 Å². The first-order valence-corrected chi connectivity index (χ1v) is 14.0. The van der Waals surface area contributed by atoms with E-state index in [1.165, 1.54) is 27.8 Å². The van der Waals surface area contributed by atoms with Crippen LogP contribution >= 0.6 is 39.7 Å². The molecule has 0 saturated carbocycles. The van der Waals surface area contributed by atoms with Crippen molar-refractivity contribution in [3.8, 4) is 0 Å². The Morgan fingerprint density at radius 1 is 1.11 bits per heavy atom. The Hall–Kier alpha value is -1.60. The van der Waals surface area contributed by atoms with Crippen LogP contribution in [-0.4, -0.2) is 82.0 Å². The van der Waals surface area contributed by atoms with E-state index in [0.717, 1.165) is 27.7 Å². The van der Waals surface area contributed by atoms with Crippen LogP contribution in [0.3, 0.4) is 0 Å². The highest BCUT2D eigenvalue weighted by atomic mass is 79.9. The second kappa shape index (κ2) is 12.1. The van der Waals surface area contributed by atoms with Crippen LogP contribution in [0.2, 0.25) is 0 Å². The lowest BCUT2D eigenvalue weighted by Crippen LogP contribution is -2.40. The van der Waals surface area contributed by atoms with Gasteiger partial charge in [-0.1, -0.05) is 27.3 Å². The lowest BCUT2D eigenvalue weighted by Gasteiger charge is -2.26. The Morgan fingerprint density at radius 2 is 1.80 bits per heavy atom. The molecule has 0 atom stereocenters. The Labute approximate surface area is 224 Å². The number of rotatable bonds is 8. The van der Waals surface area contributed by atoms with E-state index < -0.39 is 10.0 Å². The molecule has 2 aromatic carbocycles. The molecule has 8 nitrogen and oxygen atoms in total. The minimum atomic E-state index is -3.61. The standard InChI is InChI=1S/C23H27BrN4O4S2.ClH/c1-26(2)10-3-11-28(23-25-20-9-6-18(24)16-21(20)33-23)22(29)17-4-7-19(8-5-17)34(30,31)27-12-14-32-15-13-27;/h4-9,16H,3,10-15H2,1-2H3;1H. The van der Waals surface area contributed by atoms with E-state index in [0.29, 0.717) is 43.5 Å². The van der Waals surface area contributed by atoms with Crippen molar-refractivity contribution in [2.24, 2.45) is 0 Å². The minimum Gasteiger partial charge on any atom is -0.379 e. The molecule has 1 aromatic heterocycles. The molecule has 1 amide bonds. The van der Waals surface area contributed by atoms with Gasteiger partial charge in [-0.05, 0) is 69.5 Å². The smallest absolute Gasteiger partial charge is 0.260 e. The molecule has 0 radical (unpaired) electrons. The summed E-state index contributed by atoms with van der Waals surface area (Å²) < 4.78 is 34.4. The molecule has 0 N–H and O–H groups in total. The van der Waals surface area contributed by atoms with Crippen molar-refractivity contribution < 1.29 is 17.9 Å². The number of ether oxygens (including phenoxy) is 1. The van der Waals surface area contributed by atoms with Gasteiger partial charge in [0.25, 0.3) is 5.91 Å². The van der Waals surface area contributed by atoms with E-state index >= 15 is 0 Å². The number of carbonyl (C=O) groups is 1. The Morgan fingerprint density at radius 3 is 2.46 bits per heavy atom. The van der Waals surface area contributed by atoms with Gasteiger partial charge in [0.1, 0.15) is 0 Å². The predicted molar refractivity (Wildman–Crippen MR) is 145 cm³/mol. The van der Waals surface area contributed by atoms with Crippen LogP contribution in [0.1, 0.15) is 16.8 Å². The van der Waals surface area contributed by atoms with E-state index in [9.17, 15) is 13.2 Å². The van der Waals surface area contributed by atoms with Gasteiger partial charge >= 0.3 is 0 Å². The Balaban J connectivity index is 0.00000342. The van der Waals surface area contributed by atoms with Gasteiger partial charge in [0, 0.05) is 29.7 Å².